The lowest BCUT2D eigenvalue weighted by atomic mass is 9.98. The molecule has 1 unspecified atom stereocenters. The number of methoxy groups -OCH3 is 2. The lowest BCUT2D eigenvalue weighted by Crippen LogP contribution is -2.31. The number of nitro groups is 1. The van der Waals surface area contributed by atoms with Crippen LogP contribution in [0.15, 0.2) is 42.5 Å². The van der Waals surface area contributed by atoms with Gasteiger partial charge in [-0.3, -0.25) is 14.9 Å². The summed E-state index contributed by atoms with van der Waals surface area (Å²) in [4.78, 5) is 23.4. The highest BCUT2D eigenvalue weighted by Crippen LogP contribution is 2.28. The molecule has 150 valence electrons. The average Bonchev–Trinajstić information content (AvgIpc) is 2.70. The van der Waals surface area contributed by atoms with Crippen LogP contribution in [0.4, 0.5) is 0 Å². The Hall–Kier alpha value is -2.89. The van der Waals surface area contributed by atoms with E-state index >= 15 is 0 Å². The maximum Gasteiger partial charge on any atom is 0.274 e. The third-order valence-electron chi connectivity index (χ3n) is 4.76. The van der Waals surface area contributed by atoms with Crippen molar-refractivity contribution in [2.45, 2.75) is 45.1 Å². The van der Waals surface area contributed by atoms with Crippen molar-refractivity contribution >= 4 is 5.78 Å². The second kappa shape index (κ2) is 10.4. The monoisotopic (exact) mass is 385 g/mol. The van der Waals surface area contributed by atoms with Crippen molar-refractivity contribution in [1.82, 2.24) is 0 Å². The van der Waals surface area contributed by atoms with Crippen molar-refractivity contribution in [3.8, 4) is 11.5 Å². The van der Waals surface area contributed by atoms with Gasteiger partial charge < -0.3 is 9.47 Å². The number of ketones is 1. The van der Waals surface area contributed by atoms with Gasteiger partial charge in [0.25, 0.3) is 6.04 Å². The molecule has 2 rings (SSSR count). The number of ether oxygens (including phenoxy) is 2. The molecule has 6 heteroatoms. The van der Waals surface area contributed by atoms with Gasteiger partial charge >= 0.3 is 0 Å². The molecule has 0 aromatic heterocycles. The van der Waals surface area contributed by atoms with Crippen molar-refractivity contribution in [2.24, 2.45) is 0 Å². The van der Waals surface area contributed by atoms with Crippen LogP contribution in [0.3, 0.4) is 0 Å². The summed E-state index contributed by atoms with van der Waals surface area (Å²) in [7, 11) is 3.03. The number of aryl methyl sites for hydroxylation is 2. The van der Waals surface area contributed by atoms with Gasteiger partial charge in [-0.2, -0.15) is 0 Å². The summed E-state index contributed by atoms with van der Waals surface area (Å²) in [5.74, 6) is 0.711. The topological polar surface area (TPSA) is 78.7 Å². The molecule has 0 spiro atoms. The highest BCUT2D eigenvalue weighted by molar-refractivity contribution is 5.83. The Balaban J connectivity index is 1.91. The molecule has 0 radical (unpaired) electrons. The predicted molar refractivity (Wildman–Crippen MR) is 108 cm³/mol. The van der Waals surface area contributed by atoms with E-state index in [1.807, 2.05) is 6.92 Å². The van der Waals surface area contributed by atoms with Crippen molar-refractivity contribution in [1.29, 1.82) is 0 Å². The zero-order valence-electron chi connectivity index (χ0n) is 16.6. The number of carbonyl (C=O) groups excluding carboxylic acids is 1. The number of carbonyl (C=O) groups is 1. The van der Waals surface area contributed by atoms with Gasteiger partial charge in [0.2, 0.25) is 5.78 Å². The van der Waals surface area contributed by atoms with Crippen molar-refractivity contribution in [3.63, 3.8) is 0 Å². The largest absolute Gasteiger partial charge is 0.493 e. The summed E-state index contributed by atoms with van der Waals surface area (Å²) in [6, 6.07) is 12.1. The van der Waals surface area contributed by atoms with Crippen LogP contribution in [0.2, 0.25) is 0 Å². The zero-order chi connectivity index (χ0) is 20.5. The van der Waals surface area contributed by atoms with E-state index < -0.39 is 11.0 Å². The van der Waals surface area contributed by atoms with Gasteiger partial charge in [-0.1, -0.05) is 35.9 Å². The summed E-state index contributed by atoms with van der Waals surface area (Å²) in [6.07, 6.45) is 2.60. The van der Waals surface area contributed by atoms with E-state index in [2.05, 4.69) is 24.3 Å². The molecule has 0 heterocycles. The SMILES string of the molecule is COc1ccc(CC(C(=O)CCCCc2ccc(C)cc2)[N+](=O)[O-])cc1OC. The zero-order valence-corrected chi connectivity index (χ0v) is 16.6. The van der Waals surface area contributed by atoms with Gasteiger partial charge in [0.05, 0.1) is 14.2 Å². The average molecular weight is 385 g/mol. The molecule has 0 aliphatic rings. The standard InChI is InChI=1S/C22H27NO5/c1-16-8-10-17(11-9-16)6-4-5-7-20(24)19(23(25)26)14-18-12-13-21(27-2)22(15-18)28-3/h8-13,15,19H,4-7,14H2,1-3H3. The molecule has 2 aromatic rings. The minimum atomic E-state index is -1.24. The van der Waals surface area contributed by atoms with Crippen molar-refractivity contribution < 1.29 is 19.2 Å². The molecular formula is C22H27NO5. The Bertz CT molecular complexity index is 801. The maximum atomic E-state index is 12.4. The van der Waals surface area contributed by atoms with E-state index in [1.54, 1.807) is 18.2 Å². The van der Waals surface area contributed by atoms with Crippen molar-refractivity contribution in [3.05, 3.63) is 69.3 Å². The molecule has 0 amide bonds. The van der Waals surface area contributed by atoms with Crippen LogP contribution in [0, 0.1) is 17.0 Å². The summed E-state index contributed by atoms with van der Waals surface area (Å²) in [5.41, 5.74) is 3.10. The van der Waals surface area contributed by atoms with Gasteiger partial charge in [0.1, 0.15) is 0 Å². The number of hydrogen-bond donors (Lipinski definition) is 0. The van der Waals surface area contributed by atoms with Crippen LogP contribution in [0.5, 0.6) is 11.5 Å². The second-order valence-electron chi connectivity index (χ2n) is 6.85. The van der Waals surface area contributed by atoms with E-state index in [4.69, 9.17) is 9.47 Å². The molecule has 6 nitrogen and oxygen atoms in total. The lowest BCUT2D eigenvalue weighted by molar-refractivity contribution is -0.507. The Labute approximate surface area is 165 Å². The van der Waals surface area contributed by atoms with Crippen LogP contribution >= 0.6 is 0 Å². The summed E-state index contributed by atoms with van der Waals surface area (Å²) in [6.45, 7) is 2.04. The highest BCUT2D eigenvalue weighted by atomic mass is 16.6. The van der Waals surface area contributed by atoms with Crippen LogP contribution in [0.25, 0.3) is 0 Å². The van der Waals surface area contributed by atoms with Gasteiger partial charge in [-0.25, -0.2) is 0 Å². The molecule has 0 aliphatic heterocycles. The minimum Gasteiger partial charge on any atom is -0.493 e. The first-order valence-corrected chi connectivity index (χ1v) is 9.37. The fourth-order valence-corrected chi connectivity index (χ4v) is 3.09. The van der Waals surface area contributed by atoms with Crippen LogP contribution in [-0.2, 0) is 17.6 Å². The fraction of sp³-hybridized carbons (Fsp3) is 0.409. The molecule has 0 fully saturated rings. The molecular weight excluding hydrogens is 358 g/mol. The summed E-state index contributed by atoms with van der Waals surface area (Å²) in [5, 5.41) is 11.4. The molecule has 0 saturated carbocycles. The number of hydrogen-bond acceptors (Lipinski definition) is 5. The first-order valence-electron chi connectivity index (χ1n) is 9.37. The van der Waals surface area contributed by atoms with Gasteiger partial charge in [0.15, 0.2) is 11.5 Å². The number of Topliss-reactive ketones (excluding diaryl/α,β-unsaturated/α-hetero) is 1. The highest BCUT2D eigenvalue weighted by Gasteiger charge is 2.29. The molecule has 1 atom stereocenters. The Morgan fingerprint density at radius 1 is 1.00 bits per heavy atom. The first-order chi connectivity index (χ1) is 13.4. The van der Waals surface area contributed by atoms with Crippen LogP contribution in [-0.4, -0.2) is 31.0 Å². The molecule has 0 N–H and O–H groups in total. The Morgan fingerprint density at radius 2 is 1.64 bits per heavy atom. The van der Waals surface area contributed by atoms with Gasteiger partial charge in [0, 0.05) is 17.8 Å². The normalized spacial score (nSPS) is 11.7. The van der Waals surface area contributed by atoms with Crippen LogP contribution in [0.1, 0.15) is 36.0 Å². The molecule has 0 aliphatic carbocycles. The molecule has 0 saturated heterocycles. The molecule has 0 bridgehead atoms. The quantitative estimate of drug-likeness (QED) is 0.329. The number of nitrogens with zero attached hydrogens (tertiary/aromatic N) is 1. The van der Waals surface area contributed by atoms with Crippen molar-refractivity contribution in [2.75, 3.05) is 14.2 Å². The first kappa shape index (κ1) is 21.4. The third kappa shape index (κ3) is 6.08. The fourth-order valence-electron chi connectivity index (χ4n) is 3.09. The lowest BCUT2D eigenvalue weighted by Gasteiger charge is -2.12. The third-order valence-corrected chi connectivity index (χ3v) is 4.76. The van der Waals surface area contributed by atoms with Gasteiger partial charge in [-0.15, -0.1) is 0 Å². The van der Waals surface area contributed by atoms with E-state index in [9.17, 15) is 14.9 Å². The van der Waals surface area contributed by atoms with E-state index in [0.29, 0.717) is 23.5 Å². The number of rotatable bonds is 11. The maximum absolute atomic E-state index is 12.4. The minimum absolute atomic E-state index is 0.0458. The number of benzene rings is 2. The van der Waals surface area contributed by atoms with Crippen LogP contribution < -0.4 is 9.47 Å². The van der Waals surface area contributed by atoms with E-state index in [-0.39, 0.29) is 18.6 Å². The Morgan fingerprint density at radius 3 is 2.25 bits per heavy atom. The second-order valence-corrected chi connectivity index (χ2v) is 6.85. The van der Waals surface area contributed by atoms with E-state index in [1.165, 1.54) is 25.3 Å². The van der Waals surface area contributed by atoms with E-state index in [0.717, 1.165) is 12.8 Å². The Kier molecular flexibility index (Phi) is 7.99. The molecule has 2 aromatic carbocycles. The predicted octanol–water partition coefficient (Wildman–Crippen LogP) is 4.18. The molecule has 28 heavy (non-hydrogen) atoms. The van der Waals surface area contributed by atoms with Gasteiger partial charge in [-0.05, 0) is 49.4 Å². The smallest absolute Gasteiger partial charge is 0.274 e. The number of unbranched alkanes of at least 4 members (excludes halogenated alkanes) is 1. The summed E-state index contributed by atoms with van der Waals surface area (Å²) >= 11 is 0. The summed E-state index contributed by atoms with van der Waals surface area (Å²) < 4.78 is 10.4.